The highest BCUT2D eigenvalue weighted by Gasteiger charge is 2.40. The van der Waals surface area contributed by atoms with Crippen LogP contribution in [0.25, 0.3) is 0 Å². The van der Waals surface area contributed by atoms with E-state index in [9.17, 15) is 0 Å². The molecule has 1 aromatic carbocycles. The Bertz CT molecular complexity index is 523. The highest BCUT2D eigenvalue weighted by atomic mass is 28.4. The fourth-order valence-electron chi connectivity index (χ4n) is 2.21. The van der Waals surface area contributed by atoms with Crippen LogP contribution in [0.15, 0.2) is 18.2 Å². The molecule has 0 N–H and O–H groups in total. The molecule has 7 heteroatoms. The minimum Gasteiger partial charge on any atom is -0.489 e. The van der Waals surface area contributed by atoms with Crippen molar-refractivity contribution in [2.24, 2.45) is 5.92 Å². The van der Waals surface area contributed by atoms with Crippen LogP contribution in [0.4, 0.5) is 0 Å². The third-order valence-electron chi connectivity index (χ3n) is 4.26. The van der Waals surface area contributed by atoms with Crippen molar-refractivity contribution >= 4 is 8.80 Å². The van der Waals surface area contributed by atoms with Crippen LogP contribution in [0.1, 0.15) is 26.3 Å². The fourth-order valence-corrected chi connectivity index (χ4v) is 3.41. The molecule has 1 aliphatic rings. The second-order valence-corrected chi connectivity index (χ2v) is 8.79. The van der Waals surface area contributed by atoms with Gasteiger partial charge >= 0.3 is 8.80 Å². The molecule has 1 atom stereocenters. The Balaban J connectivity index is 2.08. The van der Waals surface area contributed by atoms with Gasteiger partial charge in [0.1, 0.15) is 11.5 Å². The Morgan fingerprint density at radius 2 is 1.83 bits per heavy atom. The summed E-state index contributed by atoms with van der Waals surface area (Å²) in [5.41, 5.74) is 0.958. The van der Waals surface area contributed by atoms with Gasteiger partial charge in [-0.3, -0.25) is 0 Å². The molecule has 0 amide bonds. The number of fused-ring (bicyclic) bond motifs is 1. The van der Waals surface area contributed by atoms with Crippen LogP contribution in [-0.4, -0.2) is 42.2 Å². The topological polar surface area (TPSA) is 55.4 Å². The molecule has 0 saturated carbocycles. The molecule has 0 aliphatic carbocycles. The van der Waals surface area contributed by atoms with Gasteiger partial charge in [0.2, 0.25) is 5.79 Å². The van der Waals surface area contributed by atoms with E-state index in [2.05, 4.69) is 13.8 Å². The van der Waals surface area contributed by atoms with Crippen LogP contribution in [-0.2, 0) is 24.6 Å². The van der Waals surface area contributed by atoms with Crippen LogP contribution < -0.4 is 9.47 Å². The summed E-state index contributed by atoms with van der Waals surface area (Å²) in [7, 11) is 1.92. The fraction of sp³-hybridized carbons (Fsp3) is 0.625. The molecule has 130 valence electrons. The van der Waals surface area contributed by atoms with E-state index in [-0.39, 0.29) is 12.1 Å². The summed E-state index contributed by atoms with van der Waals surface area (Å²) in [6, 6.07) is 5.68. The summed E-state index contributed by atoms with van der Waals surface area (Å²) in [6.45, 7) is 6.60. The van der Waals surface area contributed by atoms with Gasteiger partial charge in [-0.1, -0.05) is 13.8 Å². The summed E-state index contributed by atoms with van der Waals surface area (Å²) in [6.07, 6.45) is 0.237. The van der Waals surface area contributed by atoms with Crippen molar-refractivity contribution in [2.75, 3.05) is 27.6 Å². The van der Waals surface area contributed by atoms with Gasteiger partial charge < -0.3 is 27.5 Å². The predicted octanol–water partition coefficient (Wildman–Crippen LogP) is 2.76. The Labute approximate surface area is 139 Å². The van der Waals surface area contributed by atoms with Gasteiger partial charge in [0.05, 0.1) is 6.61 Å². The zero-order valence-electron chi connectivity index (χ0n) is 14.7. The van der Waals surface area contributed by atoms with E-state index in [1.54, 1.807) is 21.3 Å². The van der Waals surface area contributed by atoms with Crippen molar-refractivity contribution in [3.63, 3.8) is 0 Å². The maximum Gasteiger partial charge on any atom is 0.539 e. The summed E-state index contributed by atoms with van der Waals surface area (Å²) < 4.78 is 33.7. The Morgan fingerprint density at radius 3 is 2.39 bits per heavy atom. The van der Waals surface area contributed by atoms with Crippen LogP contribution in [0.3, 0.4) is 0 Å². The van der Waals surface area contributed by atoms with E-state index >= 15 is 0 Å². The molecule has 0 bridgehead atoms. The third kappa shape index (κ3) is 3.86. The van der Waals surface area contributed by atoms with Gasteiger partial charge in [0.15, 0.2) is 6.23 Å². The lowest BCUT2D eigenvalue weighted by Crippen LogP contribution is -2.49. The predicted molar refractivity (Wildman–Crippen MR) is 87.4 cm³/mol. The zero-order valence-corrected chi connectivity index (χ0v) is 15.7. The van der Waals surface area contributed by atoms with Crippen LogP contribution in [0, 0.1) is 5.92 Å². The molecule has 23 heavy (non-hydrogen) atoms. The standard InChI is InChI=1S/C16H26O6Si/c1-12(2)16(3)21-10-13-9-14(7-8-15(13)22-16)20-11-23(17-4,18-5)19-6/h7-9,12H,10-11H2,1-6H3. The number of rotatable bonds is 7. The molecule has 0 aromatic heterocycles. The first kappa shape index (κ1) is 18.2. The molecule has 0 fully saturated rings. The maximum absolute atomic E-state index is 6.00. The maximum atomic E-state index is 6.00. The lowest BCUT2D eigenvalue weighted by atomic mass is 10.0. The van der Waals surface area contributed by atoms with Crippen LogP contribution >= 0.6 is 0 Å². The summed E-state index contributed by atoms with van der Waals surface area (Å²) in [5.74, 6) is 1.18. The van der Waals surface area contributed by atoms with Crippen molar-refractivity contribution in [3.05, 3.63) is 23.8 Å². The van der Waals surface area contributed by atoms with Gasteiger partial charge in [0.25, 0.3) is 0 Å². The van der Waals surface area contributed by atoms with E-state index in [4.69, 9.17) is 27.5 Å². The lowest BCUT2D eigenvalue weighted by molar-refractivity contribution is -0.219. The van der Waals surface area contributed by atoms with E-state index in [0.717, 1.165) is 11.3 Å². The van der Waals surface area contributed by atoms with Gasteiger partial charge in [-0.15, -0.1) is 0 Å². The molecule has 0 radical (unpaired) electrons. The van der Waals surface area contributed by atoms with Gasteiger partial charge in [0, 0.05) is 39.7 Å². The smallest absolute Gasteiger partial charge is 0.489 e. The minimum absolute atomic E-state index is 0.237. The van der Waals surface area contributed by atoms with Crippen LogP contribution in [0.5, 0.6) is 11.5 Å². The number of ether oxygens (including phenoxy) is 3. The number of hydrogen-bond donors (Lipinski definition) is 0. The quantitative estimate of drug-likeness (QED) is 0.710. The average molecular weight is 342 g/mol. The molecule has 1 heterocycles. The largest absolute Gasteiger partial charge is 0.539 e. The molecule has 0 saturated heterocycles. The van der Waals surface area contributed by atoms with Crippen LogP contribution in [0.2, 0.25) is 0 Å². The van der Waals surface area contributed by atoms with E-state index < -0.39 is 14.6 Å². The highest BCUT2D eigenvalue weighted by molar-refractivity contribution is 6.60. The summed E-state index contributed by atoms with van der Waals surface area (Å²) in [5, 5.41) is 0. The van der Waals surface area contributed by atoms with E-state index in [1.165, 1.54) is 0 Å². The Kier molecular flexibility index (Phi) is 5.69. The third-order valence-corrected chi connectivity index (χ3v) is 6.62. The summed E-state index contributed by atoms with van der Waals surface area (Å²) >= 11 is 0. The van der Waals surface area contributed by atoms with Gasteiger partial charge in [-0.25, -0.2) is 0 Å². The molecule has 1 unspecified atom stereocenters. The van der Waals surface area contributed by atoms with Gasteiger partial charge in [-0.2, -0.15) is 0 Å². The molecule has 6 nitrogen and oxygen atoms in total. The van der Waals surface area contributed by atoms with E-state index in [1.807, 2.05) is 25.1 Å². The highest BCUT2D eigenvalue weighted by Crippen LogP contribution is 2.37. The SMILES string of the molecule is CO[Si](COc1ccc2c(c1)COC(C)(C(C)C)O2)(OC)OC. The first-order valence-electron chi connectivity index (χ1n) is 7.62. The van der Waals surface area contributed by atoms with Crippen molar-refractivity contribution < 1.29 is 27.5 Å². The number of hydrogen-bond acceptors (Lipinski definition) is 6. The Hall–Kier alpha value is -1.12. The first-order valence-corrected chi connectivity index (χ1v) is 9.55. The van der Waals surface area contributed by atoms with Crippen molar-refractivity contribution in [2.45, 2.75) is 33.2 Å². The normalized spacial score (nSPS) is 21.0. The molecule has 1 aromatic rings. The average Bonchev–Trinajstić information content (AvgIpc) is 2.56. The first-order chi connectivity index (χ1) is 10.9. The van der Waals surface area contributed by atoms with Crippen molar-refractivity contribution in [1.29, 1.82) is 0 Å². The number of benzene rings is 1. The summed E-state index contributed by atoms with van der Waals surface area (Å²) in [4.78, 5) is 0. The monoisotopic (exact) mass is 342 g/mol. The van der Waals surface area contributed by atoms with Gasteiger partial charge in [-0.05, 0) is 18.2 Å². The molecule has 2 rings (SSSR count). The van der Waals surface area contributed by atoms with E-state index in [0.29, 0.717) is 12.4 Å². The van der Waals surface area contributed by atoms with Crippen molar-refractivity contribution in [3.8, 4) is 11.5 Å². The second-order valence-electron chi connectivity index (χ2n) is 5.91. The molecular formula is C16H26O6Si. The van der Waals surface area contributed by atoms with Crippen molar-refractivity contribution in [1.82, 2.24) is 0 Å². The molecule has 0 spiro atoms. The second kappa shape index (κ2) is 7.19. The molecule has 1 aliphatic heterocycles. The zero-order chi connectivity index (χ0) is 17.1. The lowest BCUT2D eigenvalue weighted by Gasteiger charge is -2.38. The minimum atomic E-state index is -2.76. The Morgan fingerprint density at radius 1 is 1.17 bits per heavy atom. The molecular weight excluding hydrogens is 316 g/mol.